The third kappa shape index (κ3) is 2.74. The van der Waals surface area contributed by atoms with Crippen LogP contribution >= 0.6 is 11.6 Å². The molecule has 17 heavy (non-hydrogen) atoms. The number of rotatable bonds is 3. The Kier molecular flexibility index (Phi) is 3.59. The number of nitrogens with zero attached hydrogens (tertiary/aromatic N) is 1. The molecule has 2 nitrogen and oxygen atoms in total. The van der Waals surface area contributed by atoms with Gasteiger partial charge in [-0.1, -0.05) is 0 Å². The number of aryl methyl sites for hydroxylation is 1. The zero-order chi connectivity index (χ0) is 12.3. The summed E-state index contributed by atoms with van der Waals surface area (Å²) in [5.41, 5.74) is 1.39. The molecule has 2 rings (SSSR count). The quantitative estimate of drug-likeness (QED) is 0.768. The second-order valence-electron chi connectivity index (χ2n) is 3.63. The van der Waals surface area contributed by atoms with Crippen LogP contribution < -0.4 is 4.74 Å². The van der Waals surface area contributed by atoms with Crippen LogP contribution in [0.5, 0.6) is 11.5 Å². The molecule has 0 saturated heterocycles. The van der Waals surface area contributed by atoms with E-state index in [2.05, 4.69) is 4.98 Å². The van der Waals surface area contributed by atoms with Gasteiger partial charge in [0.15, 0.2) is 0 Å². The second-order valence-corrected chi connectivity index (χ2v) is 3.90. The molecule has 88 valence electrons. The lowest BCUT2D eigenvalue weighted by atomic mass is 10.2. The Hall–Kier alpha value is -1.61. The van der Waals surface area contributed by atoms with Crippen molar-refractivity contribution in [1.29, 1.82) is 0 Å². The van der Waals surface area contributed by atoms with Crippen molar-refractivity contribution in [3.8, 4) is 11.5 Å². The molecule has 0 radical (unpaired) electrons. The molecule has 0 aliphatic heterocycles. The number of aromatic nitrogens is 1. The molecule has 0 aliphatic carbocycles. The number of benzene rings is 1. The smallest absolute Gasteiger partial charge is 0.150 e. The van der Waals surface area contributed by atoms with Gasteiger partial charge in [0.25, 0.3) is 0 Å². The number of pyridine rings is 1. The highest BCUT2D eigenvalue weighted by atomic mass is 35.5. The minimum Gasteiger partial charge on any atom is -0.455 e. The van der Waals surface area contributed by atoms with Crippen LogP contribution in [0.25, 0.3) is 0 Å². The third-order valence-corrected chi connectivity index (χ3v) is 2.66. The van der Waals surface area contributed by atoms with Crippen molar-refractivity contribution in [2.24, 2.45) is 0 Å². The van der Waals surface area contributed by atoms with E-state index < -0.39 is 0 Å². The van der Waals surface area contributed by atoms with E-state index in [-0.39, 0.29) is 5.82 Å². The Morgan fingerprint density at radius 2 is 2.18 bits per heavy atom. The van der Waals surface area contributed by atoms with Gasteiger partial charge in [-0.3, -0.25) is 4.98 Å². The van der Waals surface area contributed by atoms with Gasteiger partial charge in [-0.05, 0) is 36.8 Å². The van der Waals surface area contributed by atoms with Gasteiger partial charge in [-0.25, -0.2) is 4.39 Å². The SMILES string of the molecule is Cc1cc(Oc2cnccc2CCl)ccc1F. The summed E-state index contributed by atoms with van der Waals surface area (Å²) >= 11 is 5.79. The van der Waals surface area contributed by atoms with Crippen molar-refractivity contribution in [3.63, 3.8) is 0 Å². The summed E-state index contributed by atoms with van der Waals surface area (Å²) in [4.78, 5) is 3.97. The van der Waals surface area contributed by atoms with E-state index in [1.807, 2.05) is 0 Å². The molecule has 0 N–H and O–H groups in total. The Morgan fingerprint density at radius 1 is 1.35 bits per heavy atom. The molecule has 0 amide bonds. The molecule has 0 unspecified atom stereocenters. The zero-order valence-corrected chi connectivity index (χ0v) is 10.0. The first kappa shape index (κ1) is 11.9. The first-order chi connectivity index (χ1) is 8.20. The molecule has 4 heteroatoms. The molecule has 0 atom stereocenters. The maximum Gasteiger partial charge on any atom is 0.150 e. The van der Waals surface area contributed by atoms with Crippen molar-refractivity contribution in [1.82, 2.24) is 4.98 Å². The lowest BCUT2D eigenvalue weighted by Gasteiger charge is -2.09. The predicted octanol–water partition coefficient (Wildman–Crippen LogP) is 4.06. The fourth-order valence-electron chi connectivity index (χ4n) is 1.42. The van der Waals surface area contributed by atoms with Crippen molar-refractivity contribution >= 4 is 11.6 Å². The van der Waals surface area contributed by atoms with Crippen LogP contribution in [-0.2, 0) is 5.88 Å². The maximum atomic E-state index is 13.1. The van der Waals surface area contributed by atoms with Crippen LogP contribution in [0.1, 0.15) is 11.1 Å². The normalized spacial score (nSPS) is 10.3. The van der Waals surface area contributed by atoms with Crippen LogP contribution in [0, 0.1) is 12.7 Å². The standard InChI is InChI=1S/C13H11ClFNO/c1-9-6-11(2-3-12(9)15)17-13-8-16-5-4-10(13)7-14/h2-6,8H,7H2,1H3. The molecule has 0 spiro atoms. The largest absolute Gasteiger partial charge is 0.455 e. The molecule has 0 saturated carbocycles. The van der Waals surface area contributed by atoms with E-state index in [1.54, 1.807) is 37.5 Å². The van der Waals surface area contributed by atoms with Crippen molar-refractivity contribution in [2.75, 3.05) is 0 Å². The molecule has 1 aromatic heterocycles. The minimum absolute atomic E-state index is 0.249. The first-order valence-electron chi connectivity index (χ1n) is 5.13. The number of ether oxygens (including phenoxy) is 1. The van der Waals surface area contributed by atoms with Crippen LogP contribution in [0.2, 0.25) is 0 Å². The Balaban J connectivity index is 2.28. The molecule has 2 aromatic rings. The minimum atomic E-state index is -0.249. The summed E-state index contributed by atoms with van der Waals surface area (Å²) < 4.78 is 18.7. The number of hydrogen-bond acceptors (Lipinski definition) is 2. The summed E-state index contributed by atoms with van der Waals surface area (Å²) in [5, 5.41) is 0. The summed E-state index contributed by atoms with van der Waals surface area (Å²) in [6.07, 6.45) is 3.25. The van der Waals surface area contributed by atoms with E-state index >= 15 is 0 Å². The Bertz CT molecular complexity index is 531. The number of halogens is 2. The molecule has 0 bridgehead atoms. The number of hydrogen-bond donors (Lipinski definition) is 0. The Labute approximate surface area is 104 Å². The molecule has 0 aliphatic rings. The highest BCUT2D eigenvalue weighted by Crippen LogP contribution is 2.26. The van der Waals surface area contributed by atoms with Gasteiger partial charge in [0.2, 0.25) is 0 Å². The van der Waals surface area contributed by atoms with E-state index in [1.165, 1.54) is 6.07 Å². The highest BCUT2D eigenvalue weighted by Gasteiger charge is 2.05. The predicted molar refractivity (Wildman–Crippen MR) is 65.0 cm³/mol. The lowest BCUT2D eigenvalue weighted by Crippen LogP contribution is -1.92. The fraction of sp³-hybridized carbons (Fsp3) is 0.154. The molecule has 0 fully saturated rings. The van der Waals surface area contributed by atoms with E-state index in [0.717, 1.165) is 5.56 Å². The molecular formula is C13H11ClFNO. The third-order valence-electron chi connectivity index (χ3n) is 2.37. The summed E-state index contributed by atoms with van der Waals surface area (Å²) in [6.45, 7) is 1.69. The zero-order valence-electron chi connectivity index (χ0n) is 9.28. The van der Waals surface area contributed by atoms with E-state index in [4.69, 9.17) is 16.3 Å². The number of alkyl halides is 1. The topological polar surface area (TPSA) is 22.1 Å². The van der Waals surface area contributed by atoms with Gasteiger partial charge in [-0.2, -0.15) is 0 Å². The molecule has 1 heterocycles. The van der Waals surface area contributed by atoms with Crippen molar-refractivity contribution in [2.45, 2.75) is 12.8 Å². The monoisotopic (exact) mass is 251 g/mol. The second kappa shape index (κ2) is 5.15. The van der Waals surface area contributed by atoms with Crippen LogP contribution in [-0.4, -0.2) is 4.98 Å². The summed E-state index contributed by atoms with van der Waals surface area (Å²) in [6, 6.07) is 6.38. The van der Waals surface area contributed by atoms with Gasteiger partial charge in [0.1, 0.15) is 17.3 Å². The van der Waals surface area contributed by atoms with Crippen LogP contribution in [0.4, 0.5) is 4.39 Å². The average Bonchev–Trinajstić information content (AvgIpc) is 2.34. The highest BCUT2D eigenvalue weighted by molar-refractivity contribution is 6.17. The maximum absolute atomic E-state index is 13.1. The first-order valence-corrected chi connectivity index (χ1v) is 5.67. The van der Waals surface area contributed by atoms with Crippen molar-refractivity contribution < 1.29 is 9.13 Å². The molecule has 1 aromatic carbocycles. The van der Waals surface area contributed by atoms with Gasteiger partial charge in [0, 0.05) is 11.8 Å². The van der Waals surface area contributed by atoms with Gasteiger partial charge >= 0.3 is 0 Å². The summed E-state index contributed by atoms with van der Waals surface area (Å²) in [7, 11) is 0. The van der Waals surface area contributed by atoms with Crippen LogP contribution in [0.3, 0.4) is 0 Å². The molecular weight excluding hydrogens is 241 g/mol. The van der Waals surface area contributed by atoms with E-state index in [9.17, 15) is 4.39 Å². The fourth-order valence-corrected chi connectivity index (χ4v) is 1.64. The van der Waals surface area contributed by atoms with Crippen molar-refractivity contribution in [3.05, 3.63) is 53.6 Å². The lowest BCUT2D eigenvalue weighted by molar-refractivity contribution is 0.473. The van der Waals surface area contributed by atoms with E-state index in [0.29, 0.717) is 22.9 Å². The van der Waals surface area contributed by atoms with Crippen LogP contribution in [0.15, 0.2) is 36.7 Å². The Morgan fingerprint density at radius 3 is 2.88 bits per heavy atom. The average molecular weight is 252 g/mol. The van der Waals surface area contributed by atoms with Gasteiger partial charge < -0.3 is 4.74 Å². The van der Waals surface area contributed by atoms with Gasteiger partial charge in [0.05, 0.1) is 12.1 Å². The summed E-state index contributed by atoms with van der Waals surface area (Å²) in [5.74, 6) is 1.26. The van der Waals surface area contributed by atoms with Gasteiger partial charge in [-0.15, -0.1) is 11.6 Å².